The molecule has 0 fully saturated rings. The van der Waals surface area contributed by atoms with Crippen LogP contribution in [-0.4, -0.2) is 6.61 Å². The third-order valence-electron chi connectivity index (χ3n) is 3.58. The first-order chi connectivity index (χ1) is 13.3. The molecule has 0 aliphatic heterocycles. The molecule has 0 saturated carbocycles. The standard InChI is InChI=1S/C19H23N2O.F6P/c1-2-3-4-5-14-22-19-8-6-18(7-9-19)16-21-12-10-17(15-20)11-13-21;1-7(2,3,4,5)6/h6-13H,2-5,14,16H2,1H3;/q+1;-1. The predicted molar refractivity (Wildman–Crippen MR) is 100 cm³/mol. The second-order valence-electron chi connectivity index (χ2n) is 6.38. The summed E-state index contributed by atoms with van der Waals surface area (Å²) in [6, 6.07) is 14.0. The second kappa shape index (κ2) is 9.45. The van der Waals surface area contributed by atoms with E-state index in [4.69, 9.17) is 10.00 Å². The van der Waals surface area contributed by atoms with Gasteiger partial charge in [0.25, 0.3) is 0 Å². The summed E-state index contributed by atoms with van der Waals surface area (Å²) in [5.74, 6) is 0.935. The first-order valence-electron chi connectivity index (χ1n) is 8.94. The van der Waals surface area contributed by atoms with Crippen LogP contribution in [-0.2, 0) is 6.54 Å². The molecule has 0 atom stereocenters. The number of pyridine rings is 1. The van der Waals surface area contributed by atoms with E-state index in [2.05, 4.69) is 29.7 Å². The van der Waals surface area contributed by atoms with Crippen LogP contribution in [0.2, 0.25) is 0 Å². The van der Waals surface area contributed by atoms with E-state index in [1.54, 1.807) is 0 Å². The molecule has 3 nitrogen and oxygen atoms in total. The molecule has 1 aromatic carbocycles. The van der Waals surface area contributed by atoms with Crippen molar-refractivity contribution in [3.63, 3.8) is 0 Å². The SMILES string of the molecule is CCCCCCOc1ccc(C[n+]2ccc(C#N)cc2)cc1.F[P-](F)(F)(F)(F)F. The van der Waals surface area contributed by atoms with E-state index in [9.17, 15) is 25.2 Å². The van der Waals surface area contributed by atoms with Crippen LogP contribution in [0, 0.1) is 11.3 Å². The number of aromatic nitrogens is 1. The minimum absolute atomic E-state index is 0.683. The molecule has 0 radical (unpaired) electrons. The molecule has 0 aliphatic carbocycles. The van der Waals surface area contributed by atoms with Crippen LogP contribution in [0.1, 0.15) is 43.7 Å². The van der Waals surface area contributed by atoms with Crippen LogP contribution in [0.25, 0.3) is 0 Å². The van der Waals surface area contributed by atoms with Gasteiger partial charge in [-0.2, -0.15) is 5.26 Å². The molecule has 29 heavy (non-hydrogen) atoms. The number of nitrogens with zero attached hydrogens (tertiary/aromatic N) is 2. The zero-order valence-electron chi connectivity index (χ0n) is 15.9. The van der Waals surface area contributed by atoms with Crippen LogP contribution >= 0.6 is 7.81 Å². The van der Waals surface area contributed by atoms with Crippen molar-refractivity contribution in [1.29, 1.82) is 5.26 Å². The number of benzene rings is 1. The summed E-state index contributed by atoms with van der Waals surface area (Å²) in [4.78, 5) is 0. The normalized spacial score (nSPS) is 13.3. The fraction of sp³-hybridized carbons (Fsp3) is 0.368. The quantitative estimate of drug-likeness (QED) is 0.188. The summed E-state index contributed by atoms with van der Waals surface area (Å²) < 4.78 is 67.0. The van der Waals surface area contributed by atoms with Gasteiger partial charge in [0.1, 0.15) is 5.75 Å². The van der Waals surface area contributed by atoms with Gasteiger partial charge in [0, 0.05) is 17.7 Å². The van der Waals surface area contributed by atoms with Crippen LogP contribution in [0.4, 0.5) is 25.2 Å². The third kappa shape index (κ3) is 15.3. The molecular weight excluding hydrogens is 417 g/mol. The number of hydrogen-bond donors (Lipinski definition) is 0. The van der Waals surface area contributed by atoms with E-state index in [1.165, 1.54) is 24.8 Å². The Balaban J connectivity index is 0.000000516. The third-order valence-corrected chi connectivity index (χ3v) is 3.58. The van der Waals surface area contributed by atoms with Crippen molar-refractivity contribution < 1.29 is 34.5 Å². The van der Waals surface area contributed by atoms with Gasteiger partial charge in [0.2, 0.25) is 0 Å². The van der Waals surface area contributed by atoms with Crippen LogP contribution in [0.3, 0.4) is 0 Å². The molecule has 1 aromatic heterocycles. The Morgan fingerprint density at radius 1 is 0.897 bits per heavy atom. The summed E-state index contributed by atoms with van der Waals surface area (Å²) in [5, 5.41) is 8.79. The van der Waals surface area contributed by atoms with Crippen molar-refractivity contribution >= 4 is 7.81 Å². The summed E-state index contributed by atoms with van der Waals surface area (Å²) in [5.41, 5.74) is 1.90. The van der Waals surface area contributed by atoms with E-state index in [1.807, 2.05) is 36.7 Å². The Bertz CT molecular complexity index is 789. The van der Waals surface area contributed by atoms with E-state index < -0.39 is 7.81 Å². The molecule has 0 amide bonds. The topological polar surface area (TPSA) is 36.9 Å². The molecule has 0 saturated heterocycles. The van der Waals surface area contributed by atoms with Crippen molar-refractivity contribution in [2.24, 2.45) is 0 Å². The number of halogens is 6. The van der Waals surface area contributed by atoms with Gasteiger partial charge in [-0.1, -0.05) is 26.2 Å². The van der Waals surface area contributed by atoms with Gasteiger partial charge in [0.05, 0.1) is 18.2 Å². The number of hydrogen-bond acceptors (Lipinski definition) is 2. The van der Waals surface area contributed by atoms with Crippen LogP contribution in [0.5, 0.6) is 5.75 Å². The number of ether oxygens (including phenoxy) is 1. The van der Waals surface area contributed by atoms with Crippen LogP contribution in [0.15, 0.2) is 48.8 Å². The second-order valence-corrected chi connectivity index (χ2v) is 8.30. The number of nitriles is 1. The Morgan fingerprint density at radius 3 is 1.93 bits per heavy atom. The molecule has 0 N–H and O–H groups in total. The van der Waals surface area contributed by atoms with Gasteiger partial charge in [0.15, 0.2) is 18.9 Å². The molecule has 10 heteroatoms. The fourth-order valence-electron chi connectivity index (χ4n) is 2.26. The Kier molecular flexibility index (Phi) is 8.05. The Labute approximate surface area is 165 Å². The zero-order valence-corrected chi connectivity index (χ0v) is 16.8. The molecule has 2 aromatic rings. The van der Waals surface area contributed by atoms with Crippen molar-refractivity contribution in [1.82, 2.24) is 0 Å². The van der Waals surface area contributed by atoms with Crippen molar-refractivity contribution in [3.8, 4) is 11.8 Å². The van der Waals surface area contributed by atoms with Crippen molar-refractivity contribution in [2.45, 2.75) is 39.2 Å². The van der Waals surface area contributed by atoms with Crippen molar-refractivity contribution in [2.75, 3.05) is 6.61 Å². The molecular formula is C19H23F6N2OP. The molecule has 0 aliphatic rings. The van der Waals surface area contributed by atoms with Gasteiger partial charge >= 0.3 is 33.0 Å². The summed E-state index contributed by atoms with van der Waals surface area (Å²) in [6.07, 6.45) is 8.75. The maximum atomic E-state index is 9.87. The first kappa shape index (κ1) is 24.7. The van der Waals surface area contributed by atoms with E-state index in [0.717, 1.165) is 25.3 Å². The molecule has 0 bridgehead atoms. The fourth-order valence-corrected chi connectivity index (χ4v) is 2.26. The predicted octanol–water partition coefficient (Wildman–Crippen LogP) is 7.24. The van der Waals surface area contributed by atoms with E-state index in [-0.39, 0.29) is 0 Å². The maximum absolute atomic E-state index is 10.7. The average molecular weight is 440 g/mol. The molecule has 0 unspecified atom stereocenters. The molecule has 1 heterocycles. The average Bonchev–Trinajstić information content (AvgIpc) is 2.61. The van der Waals surface area contributed by atoms with Gasteiger partial charge in [-0.05, 0) is 30.7 Å². The minimum atomic E-state index is -10.7. The first-order valence-corrected chi connectivity index (χ1v) is 11.0. The monoisotopic (exact) mass is 440 g/mol. The van der Waals surface area contributed by atoms with Gasteiger partial charge in [-0.15, -0.1) is 0 Å². The summed E-state index contributed by atoms with van der Waals surface area (Å²) >= 11 is 0. The summed E-state index contributed by atoms with van der Waals surface area (Å²) in [6.45, 7) is 3.80. The van der Waals surface area contributed by atoms with E-state index >= 15 is 0 Å². The van der Waals surface area contributed by atoms with E-state index in [0.29, 0.717) is 5.56 Å². The summed E-state index contributed by atoms with van der Waals surface area (Å²) in [7, 11) is -10.7. The number of rotatable bonds is 8. The van der Waals surface area contributed by atoms with Gasteiger partial charge in [-0.3, -0.25) is 0 Å². The van der Waals surface area contributed by atoms with Gasteiger partial charge in [-0.25, -0.2) is 4.57 Å². The Hall–Kier alpha value is -2.33. The van der Waals surface area contributed by atoms with Crippen molar-refractivity contribution in [3.05, 3.63) is 59.9 Å². The van der Waals surface area contributed by atoms with Crippen LogP contribution < -0.4 is 9.30 Å². The molecule has 2 rings (SSSR count). The molecule has 0 spiro atoms. The number of unbranched alkanes of at least 4 members (excludes halogenated alkanes) is 3. The zero-order chi connectivity index (χ0) is 22.0. The molecule has 162 valence electrons. The van der Waals surface area contributed by atoms with Gasteiger partial charge < -0.3 is 4.74 Å². The Morgan fingerprint density at radius 2 is 1.45 bits per heavy atom.